The smallest absolute Gasteiger partial charge is 0.310 e. The van der Waals surface area contributed by atoms with Crippen molar-refractivity contribution in [3.63, 3.8) is 0 Å². The Morgan fingerprint density at radius 2 is 2.06 bits per heavy atom. The zero-order valence-electron chi connectivity index (χ0n) is 20.5. The number of likely N-dealkylation sites (tertiary alicyclic amines) is 1. The number of nitrogens with zero attached hydrogens (tertiary/aromatic N) is 2. The average molecular weight is 493 g/mol. The summed E-state index contributed by atoms with van der Waals surface area (Å²) < 4.78 is 4.97. The number of aliphatic hydroxyl groups excluding tert-OH is 1. The van der Waals surface area contributed by atoms with Crippen molar-refractivity contribution in [3.8, 4) is 0 Å². The first-order valence-corrected chi connectivity index (χ1v) is 13.6. The Balaban J connectivity index is 1.88. The highest BCUT2D eigenvalue weighted by Gasteiger charge is 2.74. The van der Waals surface area contributed by atoms with Gasteiger partial charge in [0.1, 0.15) is 6.04 Å². The lowest BCUT2D eigenvalue weighted by Crippen LogP contribution is -2.55. The number of hydrogen-bond donors (Lipinski definition) is 1. The average Bonchev–Trinajstić information content (AvgIpc) is 3.47. The van der Waals surface area contributed by atoms with Crippen LogP contribution in [-0.2, 0) is 19.1 Å². The van der Waals surface area contributed by atoms with Crippen LogP contribution in [0.5, 0.6) is 0 Å². The van der Waals surface area contributed by atoms with Crippen LogP contribution in [-0.4, -0.2) is 81.6 Å². The van der Waals surface area contributed by atoms with Crippen LogP contribution in [0.25, 0.3) is 0 Å². The Morgan fingerprint density at radius 1 is 1.26 bits per heavy atom. The number of carbonyl (C=O) groups is 3. The van der Waals surface area contributed by atoms with Crippen molar-refractivity contribution in [2.24, 2.45) is 11.8 Å². The Hall–Kier alpha value is -1.80. The molecule has 1 N–H and O–H groups in total. The molecular weight excluding hydrogens is 452 g/mol. The molecule has 0 radical (unpaired) electrons. The first-order valence-electron chi connectivity index (χ1n) is 12.7. The normalized spacial score (nSPS) is 29.2. The number of amides is 2. The molecule has 8 heteroatoms. The summed E-state index contributed by atoms with van der Waals surface area (Å²) in [5.74, 6) is -1.57. The number of allylic oxidation sites excluding steroid dienone is 1. The van der Waals surface area contributed by atoms with E-state index in [1.165, 1.54) is 0 Å². The van der Waals surface area contributed by atoms with Gasteiger partial charge >= 0.3 is 5.97 Å². The van der Waals surface area contributed by atoms with Crippen LogP contribution in [0.4, 0.5) is 0 Å². The number of esters is 1. The van der Waals surface area contributed by atoms with Gasteiger partial charge in [-0.05, 0) is 38.5 Å². The van der Waals surface area contributed by atoms with Crippen LogP contribution in [0, 0.1) is 11.8 Å². The molecule has 0 aromatic heterocycles. The highest BCUT2D eigenvalue weighted by molar-refractivity contribution is 8.02. The lowest BCUT2D eigenvalue weighted by molar-refractivity contribution is -0.154. The monoisotopic (exact) mass is 492 g/mol. The van der Waals surface area contributed by atoms with Gasteiger partial charge in [0.2, 0.25) is 11.8 Å². The van der Waals surface area contributed by atoms with E-state index in [-0.39, 0.29) is 29.6 Å². The molecule has 2 unspecified atom stereocenters. The van der Waals surface area contributed by atoms with Crippen molar-refractivity contribution < 1.29 is 24.2 Å². The van der Waals surface area contributed by atoms with Crippen molar-refractivity contribution in [2.45, 2.75) is 74.3 Å². The van der Waals surface area contributed by atoms with E-state index in [0.717, 1.165) is 38.5 Å². The fraction of sp³-hybridized carbons (Fsp3) is 0.731. The number of aliphatic hydroxyl groups is 1. The predicted octanol–water partition coefficient (Wildman–Crippen LogP) is 3.17. The molecule has 3 saturated heterocycles. The van der Waals surface area contributed by atoms with Crippen molar-refractivity contribution in [1.29, 1.82) is 0 Å². The molecule has 34 heavy (non-hydrogen) atoms. The third-order valence-corrected chi connectivity index (χ3v) is 9.30. The molecule has 2 bridgehead atoms. The zero-order valence-corrected chi connectivity index (χ0v) is 21.3. The molecule has 3 aliphatic rings. The van der Waals surface area contributed by atoms with Crippen LogP contribution in [0.3, 0.4) is 0 Å². The van der Waals surface area contributed by atoms with Crippen molar-refractivity contribution in [1.82, 2.24) is 9.80 Å². The van der Waals surface area contributed by atoms with Gasteiger partial charge < -0.3 is 19.6 Å². The summed E-state index contributed by atoms with van der Waals surface area (Å²) in [5, 5.41) is 9.46. The van der Waals surface area contributed by atoms with Gasteiger partial charge in [-0.3, -0.25) is 14.4 Å². The van der Waals surface area contributed by atoms with Crippen LogP contribution in [0.1, 0.15) is 58.3 Å². The van der Waals surface area contributed by atoms with Gasteiger partial charge in [-0.2, -0.15) is 0 Å². The maximum atomic E-state index is 14.0. The summed E-state index contributed by atoms with van der Waals surface area (Å²) in [6.07, 6.45) is 9.94. The van der Waals surface area contributed by atoms with Crippen LogP contribution < -0.4 is 0 Å². The summed E-state index contributed by atoms with van der Waals surface area (Å²) in [6.45, 7) is 11.3. The molecule has 3 aliphatic heterocycles. The Morgan fingerprint density at radius 3 is 2.74 bits per heavy atom. The standard InChI is InChI=1S/C26H40N2O5S/c1-4-7-9-15-27(14-6-3)24(31)22-26-13-12-19(34-26)20(25(32)33-18-10-8-5-2)21(26)23(30)28(22)16-11-17-29/h5-6,19-22,29H,2-4,7-18H2,1H3/t19-,20+,21+,22?,26?/m1/s1. The van der Waals surface area contributed by atoms with E-state index < -0.39 is 22.6 Å². The first-order chi connectivity index (χ1) is 16.5. The number of carbonyl (C=O) groups excluding carboxylic acids is 3. The largest absolute Gasteiger partial charge is 0.465 e. The second-order valence-corrected chi connectivity index (χ2v) is 11.1. The fourth-order valence-corrected chi connectivity index (χ4v) is 8.05. The van der Waals surface area contributed by atoms with Crippen LogP contribution in [0.15, 0.2) is 25.3 Å². The van der Waals surface area contributed by atoms with E-state index in [2.05, 4.69) is 20.1 Å². The van der Waals surface area contributed by atoms with Gasteiger partial charge in [0.25, 0.3) is 0 Å². The highest BCUT2D eigenvalue weighted by atomic mass is 32.2. The topological polar surface area (TPSA) is 87.1 Å². The number of unbranched alkanes of at least 4 members (excludes halogenated alkanes) is 3. The summed E-state index contributed by atoms with van der Waals surface area (Å²) in [5.41, 5.74) is 0. The molecule has 2 amide bonds. The molecule has 190 valence electrons. The van der Waals surface area contributed by atoms with Gasteiger partial charge in [0.15, 0.2) is 0 Å². The molecule has 3 fully saturated rings. The van der Waals surface area contributed by atoms with Gasteiger partial charge in [0, 0.05) is 31.5 Å². The second kappa shape index (κ2) is 12.2. The minimum Gasteiger partial charge on any atom is -0.465 e. The molecule has 0 aliphatic carbocycles. The quantitative estimate of drug-likeness (QED) is 0.215. The minimum absolute atomic E-state index is 0.00379. The molecular formula is C26H40N2O5S. The Labute approximate surface area is 208 Å². The van der Waals surface area contributed by atoms with Crippen LogP contribution >= 0.6 is 11.8 Å². The molecule has 5 atom stereocenters. The minimum atomic E-state index is -0.619. The van der Waals surface area contributed by atoms with Crippen LogP contribution in [0.2, 0.25) is 0 Å². The zero-order chi connectivity index (χ0) is 24.7. The van der Waals surface area contributed by atoms with Gasteiger partial charge in [-0.15, -0.1) is 24.9 Å². The summed E-state index contributed by atoms with van der Waals surface area (Å²) >= 11 is 1.66. The van der Waals surface area contributed by atoms with E-state index >= 15 is 0 Å². The molecule has 3 heterocycles. The van der Waals surface area contributed by atoms with Gasteiger partial charge in [-0.25, -0.2) is 0 Å². The first kappa shape index (κ1) is 26.8. The SMILES string of the molecule is C=CCCCOC(=O)[C@@H]1[C@H]2C(=O)N(CCCO)C(C(=O)N(CC=C)CCCCC)C23CC[C@H]1S3. The fourth-order valence-electron chi connectivity index (χ4n) is 5.85. The number of thioether (sulfide) groups is 1. The lowest BCUT2D eigenvalue weighted by atomic mass is 9.71. The van der Waals surface area contributed by atoms with Gasteiger partial charge in [-0.1, -0.05) is 31.9 Å². The van der Waals surface area contributed by atoms with E-state index in [9.17, 15) is 19.5 Å². The van der Waals surface area contributed by atoms with E-state index in [1.807, 2.05) is 4.90 Å². The third-order valence-electron chi connectivity index (χ3n) is 7.35. The highest BCUT2D eigenvalue weighted by Crippen LogP contribution is 2.66. The number of fused-ring (bicyclic) bond motifs is 1. The van der Waals surface area contributed by atoms with Crippen molar-refractivity contribution in [2.75, 3.05) is 32.8 Å². The number of rotatable bonds is 15. The summed E-state index contributed by atoms with van der Waals surface area (Å²) in [7, 11) is 0. The predicted molar refractivity (Wildman–Crippen MR) is 134 cm³/mol. The molecule has 0 saturated carbocycles. The third kappa shape index (κ3) is 5.08. The summed E-state index contributed by atoms with van der Waals surface area (Å²) in [6, 6.07) is -0.619. The maximum Gasteiger partial charge on any atom is 0.310 e. The molecule has 0 aromatic rings. The second-order valence-electron chi connectivity index (χ2n) is 9.54. The Bertz CT molecular complexity index is 774. The van der Waals surface area contributed by atoms with Crippen molar-refractivity contribution >= 4 is 29.5 Å². The Kier molecular flexibility index (Phi) is 9.65. The summed E-state index contributed by atoms with van der Waals surface area (Å²) in [4.78, 5) is 44.3. The van der Waals surface area contributed by atoms with Crippen molar-refractivity contribution in [3.05, 3.63) is 25.3 Å². The van der Waals surface area contributed by atoms with E-state index in [4.69, 9.17) is 4.74 Å². The molecule has 0 aromatic carbocycles. The maximum absolute atomic E-state index is 14.0. The number of ether oxygens (including phenoxy) is 1. The molecule has 3 rings (SSSR count). The van der Waals surface area contributed by atoms with Gasteiger partial charge in [0.05, 0.1) is 23.2 Å². The molecule has 7 nitrogen and oxygen atoms in total. The molecule has 1 spiro atoms. The lowest BCUT2D eigenvalue weighted by Gasteiger charge is -2.37. The number of hydrogen-bond acceptors (Lipinski definition) is 6. The van der Waals surface area contributed by atoms with E-state index in [0.29, 0.717) is 39.1 Å². The van der Waals surface area contributed by atoms with E-state index in [1.54, 1.807) is 28.8 Å².